The first-order valence-corrected chi connectivity index (χ1v) is 4.01. The van der Waals surface area contributed by atoms with Gasteiger partial charge in [-0.3, -0.25) is 4.79 Å². The summed E-state index contributed by atoms with van der Waals surface area (Å²) in [4.78, 5) is 20.5. The second-order valence-electron chi connectivity index (χ2n) is 2.39. The minimum absolute atomic E-state index is 0.0170. The van der Waals surface area contributed by atoms with Crippen molar-refractivity contribution in [1.82, 2.24) is 0 Å². The lowest BCUT2D eigenvalue weighted by Gasteiger charge is -1.97. The second kappa shape index (κ2) is 4.45. The molecule has 1 aromatic carbocycles. The van der Waals surface area contributed by atoms with Gasteiger partial charge in [0, 0.05) is 5.56 Å². The molecule has 0 radical (unpaired) electrons. The highest BCUT2D eigenvalue weighted by Crippen LogP contribution is 2.17. The molecule has 0 spiro atoms. The maximum atomic E-state index is 10.6. The summed E-state index contributed by atoms with van der Waals surface area (Å²) in [5, 5.41) is 8.76. The predicted octanol–water partition coefficient (Wildman–Crippen LogP) is 1.59. The molecular weight excluding hydrogens is 204 g/mol. The van der Waals surface area contributed by atoms with Crippen molar-refractivity contribution in [2.75, 3.05) is 0 Å². The first-order valence-electron chi connectivity index (χ1n) is 3.63. The highest BCUT2D eigenvalue weighted by Gasteiger charge is 2.07. The van der Waals surface area contributed by atoms with Gasteiger partial charge in [0.25, 0.3) is 0 Å². The smallest absolute Gasteiger partial charge is 0.337 e. The molecule has 0 aliphatic heterocycles. The van der Waals surface area contributed by atoms with Gasteiger partial charge in [-0.15, -0.1) is 0 Å². The molecule has 0 atom stereocenters. The zero-order valence-corrected chi connectivity index (χ0v) is 7.71. The fraction of sp³-hybridized carbons (Fsp3) is 0. The number of carbonyl (C=O) groups excluding carboxylic acids is 1. The van der Waals surface area contributed by atoms with Crippen LogP contribution in [0, 0.1) is 11.8 Å². The molecule has 1 N–H and O–H groups in total. The van der Waals surface area contributed by atoms with Crippen molar-refractivity contribution in [3.8, 4) is 11.8 Å². The molecule has 0 bridgehead atoms. The quantitative estimate of drug-likeness (QED) is 0.563. The molecule has 3 nitrogen and oxygen atoms in total. The molecule has 14 heavy (non-hydrogen) atoms. The van der Waals surface area contributed by atoms with Gasteiger partial charge in [0.1, 0.15) is 0 Å². The highest BCUT2D eigenvalue weighted by atomic mass is 35.5. The fourth-order valence-corrected chi connectivity index (χ4v) is 1.14. The number of aldehydes is 1. The highest BCUT2D eigenvalue weighted by molar-refractivity contribution is 6.33. The summed E-state index contributed by atoms with van der Waals surface area (Å²) in [5.41, 5.74) is 0.524. The van der Waals surface area contributed by atoms with Gasteiger partial charge in [-0.05, 0) is 24.1 Å². The number of carboxylic acid groups (broad SMARTS) is 1. The fourth-order valence-electron chi connectivity index (χ4n) is 0.879. The Labute approximate surface area is 85.3 Å². The van der Waals surface area contributed by atoms with Gasteiger partial charge in [-0.25, -0.2) is 4.79 Å². The van der Waals surface area contributed by atoms with Crippen LogP contribution < -0.4 is 0 Å². The van der Waals surface area contributed by atoms with E-state index < -0.39 is 5.97 Å². The third kappa shape index (κ3) is 2.35. The van der Waals surface area contributed by atoms with Crippen molar-refractivity contribution in [2.45, 2.75) is 0 Å². The van der Waals surface area contributed by atoms with Crippen LogP contribution in [0.3, 0.4) is 0 Å². The molecule has 0 saturated heterocycles. The Morgan fingerprint density at radius 2 is 2.21 bits per heavy atom. The Morgan fingerprint density at radius 1 is 1.50 bits per heavy atom. The summed E-state index contributed by atoms with van der Waals surface area (Å²) in [6, 6.07) is 4.24. The maximum Gasteiger partial charge on any atom is 0.337 e. The van der Waals surface area contributed by atoms with Crippen LogP contribution >= 0.6 is 11.6 Å². The third-order valence-corrected chi connectivity index (χ3v) is 1.79. The molecule has 0 fully saturated rings. The van der Waals surface area contributed by atoms with E-state index in [1.54, 1.807) is 0 Å². The summed E-state index contributed by atoms with van der Waals surface area (Å²) in [5.74, 6) is 3.62. The molecule has 0 aromatic heterocycles. The molecule has 0 heterocycles. The molecule has 0 saturated carbocycles. The lowest BCUT2D eigenvalue weighted by molar-refractivity contribution is -0.103. The van der Waals surface area contributed by atoms with Crippen molar-refractivity contribution < 1.29 is 14.7 Å². The number of rotatable bonds is 1. The van der Waals surface area contributed by atoms with Crippen LogP contribution in [-0.2, 0) is 4.79 Å². The number of hydrogen-bond acceptors (Lipinski definition) is 2. The molecule has 4 heteroatoms. The standard InChI is InChI=1S/C10H5ClO3/c11-9-6-7(2-1-5-12)3-4-8(9)10(13)14/h3-6H,(H,13,14). The Bertz CT molecular complexity index is 440. The third-order valence-electron chi connectivity index (χ3n) is 1.47. The van der Waals surface area contributed by atoms with Gasteiger partial charge < -0.3 is 5.11 Å². The van der Waals surface area contributed by atoms with E-state index in [4.69, 9.17) is 16.7 Å². The molecule has 0 unspecified atom stereocenters. The van der Waals surface area contributed by atoms with Crippen LogP contribution in [0.1, 0.15) is 15.9 Å². The summed E-state index contributed by atoms with van der Waals surface area (Å²) >= 11 is 5.67. The van der Waals surface area contributed by atoms with Crippen LogP contribution in [0.2, 0.25) is 5.02 Å². The maximum absolute atomic E-state index is 10.6. The number of benzene rings is 1. The van der Waals surface area contributed by atoms with Crippen LogP contribution in [0.5, 0.6) is 0 Å². The predicted molar refractivity (Wildman–Crippen MR) is 51.4 cm³/mol. The Balaban J connectivity index is 3.12. The minimum atomic E-state index is -1.09. The Kier molecular flexibility index (Phi) is 3.27. The topological polar surface area (TPSA) is 54.4 Å². The van der Waals surface area contributed by atoms with E-state index in [2.05, 4.69) is 11.8 Å². The van der Waals surface area contributed by atoms with Crippen molar-refractivity contribution in [3.63, 3.8) is 0 Å². The average Bonchev–Trinajstić information content (AvgIpc) is 2.14. The number of carbonyl (C=O) groups is 2. The summed E-state index contributed by atoms with van der Waals surface area (Å²) in [7, 11) is 0. The average molecular weight is 209 g/mol. The van der Waals surface area contributed by atoms with Gasteiger partial charge in [0.2, 0.25) is 0 Å². The summed E-state index contributed by atoms with van der Waals surface area (Å²) in [6.07, 6.45) is 0.457. The number of aromatic carboxylic acids is 1. The summed E-state index contributed by atoms with van der Waals surface area (Å²) in [6.45, 7) is 0. The van der Waals surface area contributed by atoms with Crippen molar-refractivity contribution in [2.24, 2.45) is 0 Å². The van der Waals surface area contributed by atoms with Crippen LogP contribution in [0.4, 0.5) is 0 Å². The van der Waals surface area contributed by atoms with Gasteiger partial charge in [0.05, 0.1) is 10.6 Å². The first kappa shape index (κ1) is 10.3. The molecule has 0 aliphatic carbocycles. The molecule has 70 valence electrons. The minimum Gasteiger partial charge on any atom is -0.478 e. The zero-order valence-electron chi connectivity index (χ0n) is 6.95. The monoisotopic (exact) mass is 208 g/mol. The van der Waals surface area contributed by atoms with E-state index in [1.807, 2.05) is 0 Å². The zero-order chi connectivity index (χ0) is 10.6. The molecule has 0 aliphatic rings. The normalized spacial score (nSPS) is 8.64. The van der Waals surface area contributed by atoms with Gasteiger partial charge >= 0.3 is 5.97 Å². The SMILES string of the molecule is O=CC#Cc1ccc(C(=O)O)c(Cl)c1. The lowest BCUT2D eigenvalue weighted by Crippen LogP contribution is -1.97. The molecular formula is C10H5ClO3. The van der Waals surface area contributed by atoms with E-state index >= 15 is 0 Å². The van der Waals surface area contributed by atoms with Crippen molar-refractivity contribution in [1.29, 1.82) is 0 Å². The van der Waals surface area contributed by atoms with E-state index in [-0.39, 0.29) is 10.6 Å². The van der Waals surface area contributed by atoms with E-state index in [0.717, 1.165) is 0 Å². The molecule has 0 amide bonds. The first-order chi connectivity index (χ1) is 6.65. The van der Waals surface area contributed by atoms with E-state index in [1.165, 1.54) is 18.2 Å². The summed E-state index contributed by atoms with van der Waals surface area (Å²) < 4.78 is 0. The molecule has 1 rings (SSSR count). The van der Waals surface area contributed by atoms with Crippen molar-refractivity contribution >= 4 is 23.9 Å². The lowest BCUT2D eigenvalue weighted by atomic mass is 10.1. The largest absolute Gasteiger partial charge is 0.478 e. The van der Waals surface area contributed by atoms with Crippen LogP contribution in [0.25, 0.3) is 0 Å². The van der Waals surface area contributed by atoms with E-state index in [0.29, 0.717) is 11.8 Å². The van der Waals surface area contributed by atoms with Crippen molar-refractivity contribution in [3.05, 3.63) is 34.3 Å². The van der Waals surface area contributed by atoms with Gasteiger partial charge in [-0.2, -0.15) is 0 Å². The molecule has 1 aromatic rings. The number of carboxylic acids is 1. The van der Waals surface area contributed by atoms with E-state index in [9.17, 15) is 9.59 Å². The second-order valence-corrected chi connectivity index (χ2v) is 2.79. The number of hydrogen-bond donors (Lipinski definition) is 1. The Hall–Kier alpha value is -1.79. The number of halogens is 1. The Morgan fingerprint density at radius 3 is 2.71 bits per heavy atom. The van der Waals surface area contributed by atoms with Gasteiger partial charge in [-0.1, -0.05) is 17.5 Å². The van der Waals surface area contributed by atoms with Crippen LogP contribution in [0.15, 0.2) is 18.2 Å². The van der Waals surface area contributed by atoms with Crippen LogP contribution in [-0.4, -0.2) is 17.4 Å². The van der Waals surface area contributed by atoms with Gasteiger partial charge in [0.15, 0.2) is 6.29 Å².